The lowest BCUT2D eigenvalue weighted by Gasteiger charge is -2.40. The molecule has 21 heavy (non-hydrogen) atoms. The largest absolute Gasteiger partial charge is 0.394 e. The van der Waals surface area contributed by atoms with E-state index in [9.17, 15) is 10.2 Å². The summed E-state index contributed by atoms with van der Waals surface area (Å²) in [5.74, 6) is 0. The average molecular weight is 295 g/mol. The number of aliphatic hydroxyl groups is 3. The number of hydrogen-bond acceptors (Lipinski definition) is 6. The lowest BCUT2D eigenvalue weighted by atomic mass is 9.98. The molecule has 0 bridgehead atoms. The highest BCUT2D eigenvalue weighted by Crippen LogP contribution is 2.25. The second-order valence-electron chi connectivity index (χ2n) is 4.70. The second kappa shape index (κ2) is 7.37. The average Bonchev–Trinajstić information content (AvgIpc) is 2.52. The molecule has 1 aliphatic rings. The third kappa shape index (κ3) is 3.70. The first-order valence-corrected chi connectivity index (χ1v) is 6.49. The molecule has 3 unspecified atom stereocenters. The minimum Gasteiger partial charge on any atom is -0.394 e. The van der Waals surface area contributed by atoms with Crippen LogP contribution in [0.5, 0.6) is 0 Å². The molecule has 8 heteroatoms. The first kappa shape index (κ1) is 15.7. The van der Waals surface area contributed by atoms with Crippen molar-refractivity contribution in [3.8, 4) is 0 Å². The molecular weight excluding hydrogens is 278 g/mol. The van der Waals surface area contributed by atoms with Crippen molar-refractivity contribution >= 4 is 0 Å². The number of aliphatic hydroxyl groups excluding tert-OH is 3. The Labute approximate surface area is 121 Å². The van der Waals surface area contributed by atoms with Gasteiger partial charge in [0.15, 0.2) is 6.29 Å². The monoisotopic (exact) mass is 295 g/mol. The lowest BCUT2D eigenvalue weighted by molar-refractivity contribution is -0.268. The zero-order chi connectivity index (χ0) is 15.2. The molecular formula is C13H17N3O5. The molecule has 0 spiro atoms. The van der Waals surface area contributed by atoms with E-state index in [4.69, 9.17) is 20.1 Å². The Morgan fingerprint density at radius 3 is 2.57 bits per heavy atom. The summed E-state index contributed by atoms with van der Waals surface area (Å²) in [5.41, 5.74) is 9.43. The lowest BCUT2D eigenvalue weighted by Crippen LogP contribution is -2.58. The van der Waals surface area contributed by atoms with E-state index in [0.29, 0.717) is 0 Å². The van der Waals surface area contributed by atoms with Gasteiger partial charge in [-0.25, -0.2) is 0 Å². The molecule has 3 N–H and O–H groups in total. The van der Waals surface area contributed by atoms with Crippen LogP contribution in [0.15, 0.2) is 35.4 Å². The summed E-state index contributed by atoms with van der Waals surface area (Å²) in [6, 6.07) is 8.17. The fourth-order valence-corrected chi connectivity index (χ4v) is 2.14. The topological polar surface area (TPSA) is 128 Å². The smallest absolute Gasteiger partial charge is 0.169 e. The minimum atomic E-state index is -1.37. The van der Waals surface area contributed by atoms with Crippen LogP contribution in [0.2, 0.25) is 0 Å². The van der Waals surface area contributed by atoms with Crippen molar-refractivity contribution in [3.63, 3.8) is 0 Å². The molecule has 0 radical (unpaired) electrons. The van der Waals surface area contributed by atoms with Crippen LogP contribution in [0.25, 0.3) is 10.4 Å². The Balaban J connectivity index is 2.08. The van der Waals surface area contributed by atoms with Crippen LogP contribution in [0.4, 0.5) is 0 Å². The standard InChI is InChI=1S/C13H17N3O5/c14-16-15-10-12(19)11(18)9(6-17)21-13(10)20-7-8-4-2-1-3-5-8/h1-5,9-13,17-19H,6-7H2/t9?,10?,11-,12?,13-/m0/s1. The van der Waals surface area contributed by atoms with Crippen molar-refractivity contribution in [2.24, 2.45) is 5.11 Å². The van der Waals surface area contributed by atoms with Crippen LogP contribution in [-0.2, 0) is 16.1 Å². The van der Waals surface area contributed by atoms with Gasteiger partial charge >= 0.3 is 0 Å². The molecule has 1 heterocycles. The predicted octanol–water partition coefficient (Wildman–Crippen LogP) is 0.321. The molecule has 1 fully saturated rings. The Morgan fingerprint density at radius 2 is 1.95 bits per heavy atom. The highest BCUT2D eigenvalue weighted by Gasteiger charge is 2.44. The fourth-order valence-electron chi connectivity index (χ4n) is 2.14. The molecule has 1 aliphatic heterocycles. The molecule has 1 aromatic carbocycles. The Morgan fingerprint density at radius 1 is 1.24 bits per heavy atom. The van der Waals surface area contributed by atoms with Crippen LogP contribution >= 0.6 is 0 Å². The SMILES string of the molecule is [N-]=[N+]=NC1C(O)[C@@H](O)C(CO)O[C@@H]1OCc1ccccc1. The van der Waals surface area contributed by atoms with Gasteiger partial charge in [-0.15, -0.1) is 0 Å². The molecule has 1 saturated heterocycles. The van der Waals surface area contributed by atoms with Gasteiger partial charge in [-0.3, -0.25) is 0 Å². The summed E-state index contributed by atoms with van der Waals surface area (Å²) in [6.07, 6.45) is -4.75. The van der Waals surface area contributed by atoms with Crippen molar-refractivity contribution in [2.75, 3.05) is 6.61 Å². The third-order valence-electron chi connectivity index (χ3n) is 3.29. The summed E-state index contributed by atoms with van der Waals surface area (Å²) in [4.78, 5) is 2.63. The molecule has 1 aromatic rings. The first-order valence-electron chi connectivity index (χ1n) is 6.49. The molecule has 5 atom stereocenters. The van der Waals surface area contributed by atoms with Crippen LogP contribution in [0.3, 0.4) is 0 Å². The van der Waals surface area contributed by atoms with E-state index in [2.05, 4.69) is 10.0 Å². The molecule has 2 rings (SSSR count). The molecule has 114 valence electrons. The van der Waals surface area contributed by atoms with Gasteiger partial charge in [-0.2, -0.15) is 0 Å². The van der Waals surface area contributed by atoms with Gasteiger partial charge < -0.3 is 24.8 Å². The quantitative estimate of drug-likeness (QED) is 0.409. The van der Waals surface area contributed by atoms with Crippen LogP contribution in [0.1, 0.15) is 5.56 Å². The van der Waals surface area contributed by atoms with E-state index in [1.807, 2.05) is 30.3 Å². The summed E-state index contributed by atoms with van der Waals surface area (Å²) in [5, 5.41) is 32.3. The molecule has 8 nitrogen and oxygen atoms in total. The van der Waals surface area contributed by atoms with E-state index in [-0.39, 0.29) is 6.61 Å². The van der Waals surface area contributed by atoms with Gasteiger partial charge in [0.25, 0.3) is 0 Å². The predicted molar refractivity (Wildman–Crippen MR) is 71.9 cm³/mol. The van der Waals surface area contributed by atoms with Gasteiger partial charge in [-0.1, -0.05) is 35.4 Å². The normalized spacial score (nSPS) is 32.4. The maximum absolute atomic E-state index is 9.95. The molecule has 0 saturated carbocycles. The Kier molecular flexibility index (Phi) is 5.51. The Bertz CT molecular complexity index is 494. The van der Waals surface area contributed by atoms with Crippen molar-refractivity contribution < 1.29 is 24.8 Å². The number of ether oxygens (including phenoxy) is 2. The maximum atomic E-state index is 9.95. The first-order chi connectivity index (χ1) is 10.2. The minimum absolute atomic E-state index is 0.184. The second-order valence-corrected chi connectivity index (χ2v) is 4.70. The van der Waals surface area contributed by atoms with Crippen molar-refractivity contribution in [2.45, 2.75) is 37.3 Å². The van der Waals surface area contributed by atoms with E-state index in [1.54, 1.807) is 0 Å². The summed E-state index contributed by atoms with van der Waals surface area (Å²) >= 11 is 0. The third-order valence-corrected chi connectivity index (χ3v) is 3.29. The summed E-state index contributed by atoms with van der Waals surface area (Å²) < 4.78 is 10.9. The van der Waals surface area contributed by atoms with Gasteiger partial charge in [0, 0.05) is 4.91 Å². The summed E-state index contributed by atoms with van der Waals surface area (Å²) in [6.45, 7) is -0.295. The Hall–Kier alpha value is -1.67. The van der Waals surface area contributed by atoms with Crippen LogP contribution < -0.4 is 0 Å². The van der Waals surface area contributed by atoms with E-state index in [0.717, 1.165) is 5.56 Å². The molecule has 0 aliphatic carbocycles. The number of benzene rings is 1. The fraction of sp³-hybridized carbons (Fsp3) is 0.538. The maximum Gasteiger partial charge on any atom is 0.169 e. The number of nitrogens with zero attached hydrogens (tertiary/aromatic N) is 3. The number of rotatable bonds is 5. The number of azide groups is 1. The van der Waals surface area contributed by atoms with Gasteiger partial charge in [0.2, 0.25) is 0 Å². The highest BCUT2D eigenvalue weighted by atomic mass is 16.7. The van der Waals surface area contributed by atoms with E-state index >= 15 is 0 Å². The van der Waals surface area contributed by atoms with Crippen molar-refractivity contribution in [1.29, 1.82) is 0 Å². The van der Waals surface area contributed by atoms with Crippen molar-refractivity contribution in [3.05, 3.63) is 46.3 Å². The molecule has 0 aromatic heterocycles. The zero-order valence-electron chi connectivity index (χ0n) is 11.2. The number of hydrogen-bond donors (Lipinski definition) is 3. The zero-order valence-corrected chi connectivity index (χ0v) is 11.2. The van der Waals surface area contributed by atoms with E-state index in [1.165, 1.54) is 0 Å². The summed E-state index contributed by atoms with van der Waals surface area (Å²) in [7, 11) is 0. The highest BCUT2D eigenvalue weighted by molar-refractivity contribution is 5.13. The van der Waals surface area contributed by atoms with Crippen molar-refractivity contribution in [1.82, 2.24) is 0 Å². The van der Waals surface area contributed by atoms with Gasteiger partial charge in [0.1, 0.15) is 18.2 Å². The van der Waals surface area contributed by atoms with Gasteiger partial charge in [-0.05, 0) is 11.1 Å². The molecule has 0 amide bonds. The van der Waals surface area contributed by atoms with Gasteiger partial charge in [0.05, 0.1) is 19.3 Å². The van der Waals surface area contributed by atoms with Crippen LogP contribution in [-0.4, -0.2) is 52.6 Å². The van der Waals surface area contributed by atoms with E-state index < -0.39 is 37.3 Å². The van der Waals surface area contributed by atoms with Crippen LogP contribution in [0, 0.1) is 0 Å².